The third-order valence-electron chi connectivity index (χ3n) is 7.75. The summed E-state index contributed by atoms with van der Waals surface area (Å²) >= 11 is 1.66. The van der Waals surface area contributed by atoms with Crippen LogP contribution in [0.1, 0.15) is 54.4 Å². The van der Waals surface area contributed by atoms with Gasteiger partial charge in [0.25, 0.3) is 0 Å². The number of benzene rings is 3. The average Bonchev–Trinajstić information content (AvgIpc) is 3.46. The molecule has 10 heteroatoms. The Hall–Kier alpha value is -3.96. The van der Waals surface area contributed by atoms with Gasteiger partial charge in [0.15, 0.2) is 11.4 Å². The molecule has 0 aliphatic carbocycles. The number of carboxylic acids is 1. The topological polar surface area (TPSA) is 123 Å². The molecular weight excluding hydrogens is 578 g/mol. The van der Waals surface area contributed by atoms with Crippen molar-refractivity contribution in [2.24, 2.45) is 13.0 Å². The summed E-state index contributed by atoms with van der Waals surface area (Å²) in [6.07, 6.45) is 2.54. The lowest BCUT2D eigenvalue weighted by Gasteiger charge is -2.41. The number of imidazole rings is 1. The van der Waals surface area contributed by atoms with Crippen molar-refractivity contribution >= 4 is 23.6 Å². The van der Waals surface area contributed by atoms with E-state index in [9.17, 15) is 14.7 Å². The van der Waals surface area contributed by atoms with Crippen molar-refractivity contribution in [3.63, 3.8) is 0 Å². The fourth-order valence-electron chi connectivity index (χ4n) is 5.19. The van der Waals surface area contributed by atoms with Crippen LogP contribution >= 0.6 is 11.8 Å². The molecule has 0 spiro atoms. The summed E-state index contributed by atoms with van der Waals surface area (Å²) < 4.78 is 15.3. The van der Waals surface area contributed by atoms with E-state index in [1.807, 2.05) is 84.5 Å². The van der Waals surface area contributed by atoms with Gasteiger partial charge >= 0.3 is 5.97 Å². The van der Waals surface area contributed by atoms with Crippen molar-refractivity contribution in [2.75, 3.05) is 5.75 Å². The highest BCUT2D eigenvalue weighted by Crippen LogP contribution is 2.43. The smallest absolute Gasteiger partial charge is 0.303 e. The van der Waals surface area contributed by atoms with Gasteiger partial charge in [-0.3, -0.25) is 9.59 Å². The summed E-state index contributed by atoms with van der Waals surface area (Å²) in [6, 6.07) is 23.9. The molecule has 4 atom stereocenters. The van der Waals surface area contributed by atoms with E-state index in [2.05, 4.69) is 23.3 Å². The van der Waals surface area contributed by atoms with E-state index < -0.39 is 12.3 Å². The van der Waals surface area contributed by atoms with Crippen molar-refractivity contribution in [1.82, 2.24) is 14.9 Å². The summed E-state index contributed by atoms with van der Waals surface area (Å²) in [5, 5.41) is 22.1. The molecule has 2 heterocycles. The highest BCUT2D eigenvalue weighted by Gasteiger charge is 2.38. The predicted octanol–water partition coefficient (Wildman–Crippen LogP) is 5.64. The van der Waals surface area contributed by atoms with Crippen LogP contribution in [-0.2, 0) is 39.3 Å². The molecular formula is C34H37N3O6S. The van der Waals surface area contributed by atoms with Crippen LogP contribution in [0.3, 0.4) is 0 Å². The third kappa shape index (κ3) is 7.95. The molecule has 1 saturated heterocycles. The molecule has 3 aromatic carbocycles. The summed E-state index contributed by atoms with van der Waals surface area (Å²) in [5.41, 5.74) is 5.64. The first-order chi connectivity index (χ1) is 21.3. The lowest BCUT2D eigenvalue weighted by atomic mass is 9.91. The molecule has 1 fully saturated rings. The number of ether oxygens (including phenoxy) is 2. The zero-order valence-corrected chi connectivity index (χ0v) is 25.6. The molecule has 0 unspecified atom stereocenters. The quantitative estimate of drug-likeness (QED) is 0.175. The Balaban J connectivity index is 1.36. The normalized spacial score (nSPS) is 19.9. The Morgan fingerprint density at radius 3 is 2.41 bits per heavy atom. The van der Waals surface area contributed by atoms with Crippen LogP contribution in [0, 0.1) is 5.92 Å². The molecule has 0 bridgehead atoms. The maximum atomic E-state index is 12.0. The number of hydrogen-bond donors (Lipinski definition) is 3. The van der Waals surface area contributed by atoms with E-state index in [4.69, 9.17) is 14.6 Å². The number of aromatic nitrogens is 2. The van der Waals surface area contributed by atoms with Crippen molar-refractivity contribution in [2.45, 2.75) is 56.6 Å². The van der Waals surface area contributed by atoms with Crippen LogP contribution in [0.5, 0.6) is 0 Å². The van der Waals surface area contributed by atoms with Crippen LogP contribution in [-0.4, -0.2) is 43.5 Å². The van der Waals surface area contributed by atoms with Gasteiger partial charge in [0, 0.05) is 49.6 Å². The van der Waals surface area contributed by atoms with Crippen molar-refractivity contribution < 1.29 is 29.3 Å². The van der Waals surface area contributed by atoms with E-state index in [0.717, 1.165) is 38.5 Å². The molecule has 1 aliphatic heterocycles. The molecule has 230 valence electrons. The molecule has 3 N–H and O–H groups in total. The first-order valence-electron chi connectivity index (χ1n) is 14.6. The van der Waals surface area contributed by atoms with Gasteiger partial charge in [-0.1, -0.05) is 79.3 Å². The number of rotatable bonds is 12. The number of carbonyl (C=O) groups excluding carboxylic acids is 1. The highest BCUT2D eigenvalue weighted by molar-refractivity contribution is 7.99. The zero-order valence-electron chi connectivity index (χ0n) is 24.8. The summed E-state index contributed by atoms with van der Waals surface area (Å²) in [5.74, 6) is -0.523. The molecule has 0 saturated carbocycles. The monoisotopic (exact) mass is 615 g/mol. The second kappa shape index (κ2) is 14.7. The number of aliphatic hydroxyl groups is 1. The minimum atomic E-state index is -0.994. The molecule has 1 aliphatic rings. The number of nitrogens with zero attached hydrogens (tertiary/aromatic N) is 2. The Kier molecular flexibility index (Phi) is 10.5. The Bertz CT molecular complexity index is 1570. The third-order valence-corrected chi connectivity index (χ3v) is 8.90. The number of aryl methyl sites for hydroxylation is 1. The van der Waals surface area contributed by atoms with Gasteiger partial charge in [0.2, 0.25) is 5.91 Å². The van der Waals surface area contributed by atoms with Crippen LogP contribution in [0.25, 0.3) is 11.1 Å². The maximum Gasteiger partial charge on any atom is 0.303 e. The SMILES string of the molecule is C[C@@H]1[C@H](CSc2nccn2C)O[C@H](c2cccc(-c3cccc(CNC(=O)CCC(=O)O)c3)c2)O[C@@H]1c1ccc(CO)cc1. The van der Waals surface area contributed by atoms with Crippen LogP contribution in [0.15, 0.2) is 90.3 Å². The van der Waals surface area contributed by atoms with Gasteiger partial charge in [-0.05, 0) is 39.9 Å². The Morgan fingerprint density at radius 2 is 1.70 bits per heavy atom. The van der Waals surface area contributed by atoms with E-state index in [1.165, 1.54) is 0 Å². The minimum Gasteiger partial charge on any atom is -0.481 e. The first-order valence-corrected chi connectivity index (χ1v) is 15.6. The molecule has 9 nitrogen and oxygen atoms in total. The number of aliphatic hydroxyl groups excluding tert-OH is 1. The van der Waals surface area contributed by atoms with Crippen molar-refractivity contribution in [3.05, 3.63) is 107 Å². The van der Waals surface area contributed by atoms with E-state index in [1.54, 1.807) is 18.0 Å². The fraction of sp³-hybridized carbons (Fsp3) is 0.324. The number of thioether (sulfide) groups is 1. The second-order valence-electron chi connectivity index (χ2n) is 10.9. The van der Waals surface area contributed by atoms with Crippen molar-refractivity contribution in [3.8, 4) is 11.1 Å². The van der Waals surface area contributed by atoms with Crippen molar-refractivity contribution in [1.29, 1.82) is 0 Å². The van der Waals surface area contributed by atoms with Gasteiger partial charge in [0.1, 0.15) is 0 Å². The number of nitrogens with one attached hydrogen (secondary N) is 1. The summed E-state index contributed by atoms with van der Waals surface area (Å²) in [7, 11) is 1.98. The molecule has 0 radical (unpaired) electrons. The number of carboxylic acid groups (broad SMARTS) is 1. The van der Waals surface area contributed by atoms with Gasteiger partial charge in [-0.2, -0.15) is 0 Å². The van der Waals surface area contributed by atoms with E-state index >= 15 is 0 Å². The molecule has 1 aromatic heterocycles. The fourth-order valence-corrected chi connectivity index (χ4v) is 6.29. The lowest BCUT2D eigenvalue weighted by molar-refractivity contribution is -0.268. The van der Waals surface area contributed by atoms with E-state index in [-0.39, 0.29) is 43.5 Å². The number of hydrogen-bond acceptors (Lipinski definition) is 7. The van der Waals surface area contributed by atoms with Gasteiger partial charge < -0.3 is 29.6 Å². The van der Waals surface area contributed by atoms with Gasteiger partial charge in [-0.15, -0.1) is 0 Å². The Morgan fingerprint density at radius 1 is 0.955 bits per heavy atom. The number of carbonyl (C=O) groups is 2. The molecule has 44 heavy (non-hydrogen) atoms. The maximum absolute atomic E-state index is 12.0. The number of aliphatic carboxylic acids is 1. The second-order valence-corrected chi connectivity index (χ2v) is 11.9. The van der Waals surface area contributed by atoms with Crippen LogP contribution < -0.4 is 5.32 Å². The highest BCUT2D eigenvalue weighted by atomic mass is 32.2. The Labute approximate surface area is 261 Å². The van der Waals surface area contributed by atoms with E-state index in [0.29, 0.717) is 12.3 Å². The predicted molar refractivity (Wildman–Crippen MR) is 167 cm³/mol. The van der Waals surface area contributed by atoms with Gasteiger partial charge in [-0.25, -0.2) is 4.98 Å². The number of amides is 1. The standard InChI is InChI=1S/C34H37N3O6S/c1-22-29(21-44-34-35-15-16-37(34)2)42-33(43-32(22)25-11-9-23(20-38)10-12-25)28-8-4-7-27(18-28)26-6-3-5-24(17-26)19-36-30(39)13-14-31(40)41/h3-12,15-18,22,29,32-33,38H,13-14,19-21H2,1-2H3,(H,36,39)(H,40,41)/t22-,29+,32+,33+/m1/s1. The lowest BCUT2D eigenvalue weighted by Crippen LogP contribution is -2.38. The molecule has 4 aromatic rings. The zero-order chi connectivity index (χ0) is 31.1. The van der Waals surface area contributed by atoms with Crippen LogP contribution in [0.2, 0.25) is 0 Å². The molecule has 1 amide bonds. The average molecular weight is 616 g/mol. The first kappa shape index (κ1) is 31.5. The summed E-state index contributed by atoms with van der Waals surface area (Å²) in [4.78, 5) is 27.2. The minimum absolute atomic E-state index is 0.0128. The summed E-state index contributed by atoms with van der Waals surface area (Å²) in [6.45, 7) is 2.44. The van der Waals surface area contributed by atoms with Gasteiger partial charge in [0.05, 0.1) is 25.2 Å². The molecule has 5 rings (SSSR count). The largest absolute Gasteiger partial charge is 0.481 e. The van der Waals surface area contributed by atoms with Crippen LogP contribution in [0.4, 0.5) is 0 Å².